The van der Waals surface area contributed by atoms with E-state index in [1.807, 2.05) is 13.2 Å². The molecule has 8 nitrogen and oxygen atoms in total. The van der Waals surface area contributed by atoms with Crippen molar-refractivity contribution >= 4 is 41.1 Å². The topological polar surface area (TPSA) is 107 Å². The minimum Gasteiger partial charge on any atom is -0.432 e. The highest BCUT2D eigenvalue weighted by Crippen LogP contribution is 2.32. The molecule has 32 heavy (non-hydrogen) atoms. The average molecular weight is 470 g/mol. The van der Waals surface area contributed by atoms with E-state index >= 15 is 0 Å². The molecule has 2 rings (SSSR count). The summed E-state index contributed by atoms with van der Waals surface area (Å²) in [7, 11) is 0. The second-order valence-corrected chi connectivity index (χ2v) is 11.4. The molecule has 0 aliphatic carbocycles. The molecule has 2 fully saturated rings. The van der Waals surface area contributed by atoms with E-state index in [2.05, 4.69) is 20.8 Å². The van der Waals surface area contributed by atoms with E-state index in [4.69, 9.17) is 9.47 Å². The minimum absolute atomic E-state index is 0.0187. The number of rotatable bonds is 9. The molecule has 0 radical (unpaired) electrons. The monoisotopic (exact) mass is 469 g/mol. The van der Waals surface area contributed by atoms with Crippen LogP contribution in [-0.2, 0) is 33.4 Å². The maximum Gasteiger partial charge on any atom is 0.338 e. The molecule has 2 aliphatic heterocycles. The third kappa shape index (κ3) is 6.41. The van der Waals surface area contributed by atoms with E-state index in [-0.39, 0.29) is 17.8 Å². The Morgan fingerprint density at radius 2 is 1.81 bits per heavy atom. The number of likely N-dealkylation sites (tertiary alicyclic amines) is 1. The van der Waals surface area contributed by atoms with Gasteiger partial charge in [0, 0.05) is 26.7 Å². The second kappa shape index (κ2) is 10.0. The summed E-state index contributed by atoms with van der Waals surface area (Å²) in [5.74, 6) is -5.37. The van der Waals surface area contributed by atoms with Gasteiger partial charge in [0.1, 0.15) is 6.04 Å². The zero-order valence-electron chi connectivity index (χ0n) is 20.1. The Balaban J connectivity index is 2.18. The molecule has 0 aromatic heterocycles. The van der Waals surface area contributed by atoms with Gasteiger partial charge in [-0.3, -0.25) is 24.1 Å². The highest BCUT2D eigenvalue weighted by atomic mass is 32.2. The minimum atomic E-state index is -1.58. The van der Waals surface area contributed by atoms with E-state index in [0.29, 0.717) is 12.2 Å². The molecular formula is C23H35NO7S. The first-order chi connectivity index (χ1) is 14.7. The van der Waals surface area contributed by atoms with Gasteiger partial charge in [-0.15, -0.1) is 0 Å². The van der Waals surface area contributed by atoms with Crippen molar-refractivity contribution in [1.29, 1.82) is 0 Å². The van der Waals surface area contributed by atoms with Gasteiger partial charge in [0.15, 0.2) is 23.6 Å². The van der Waals surface area contributed by atoms with Crippen LogP contribution in [0.4, 0.5) is 0 Å². The fraction of sp³-hybridized carbons (Fsp3) is 0.783. The van der Waals surface area contributed by atoms with Gasteiger partial charge < -0.3 is 9.47 Å². The summed E-state index contributed by atoms with van der Waals surface area (Å²) in [5.41, 5.74) is 0.0188. The molecule has 0 spiro atoms. The predicted molar refractivity (Wildman–Crippen MR) is 120 cm³/mol. The lowest BCUT2D eigenvalue weighted by molar-refractivity contribution is -0.160. The van der Waals surface area contributed by atoms with Gasteiger partial charge >= 0.3 is 5.97 Å². The number of Topliss-reactive ketones (excluding diaryl/α,β-unsaturated/α-hetero) is 2. The Morgan fingerprint density at radius 1 is 1.19 bits per heavy atom. The molecule has 2 amide bonds. The number of hydrogen-bond donors (Lipinski definition) is 0. The lowest BCUT2D eigenvalue weighted by Crippen LogP contribution is -2.42. The van der Waals surface area contributed by atoms with Crippen LogP contribution in [0, 0.1) is 17.3 Å². The number of carbonyl (C=O) groups is 5. The molecule has 9 heteroatoms. The molecule has 2 aliphatic rings. The molecule has 4 atom stereocenters. The van der Waals surface area contributed by atoms with E-state index < -0.39 is 59.6 Å². The van der Waals surface area contributed by atoms with Crippen LogP contribution in [0.5, 0.6) is 0 Å². The number of esters is 1. The first-order valence-electron chi connectivity index (χ1n) is 11.0. The lowest BCUT2D eigenvalue weighted by Gasteiger charge is -2.26. The molecular weight excluding hydrogens is 434 g/mol. The fourth-order valence-corrected chi connectivity index (χ4v) is 4.95. The smallest absolute Gasteiger partial charge is 0.338 e. The van der Waals surface area contributed by atoms with E-state index in [0.717, 1.165) is 11.3 Å². The van der Waals surface area contributed by atoms with Gasteiger partial charge in [0.05, 0.1) is 0 Å². The van der Waals surface area contributed by atoms with E-state index in [1.54, 1.807) is 13.8 Å². The molecule has 3 unspecified atom stereocenters. The van der Waals surface area contributed by atoms with Gasteiger partial charge in [0.2, 0.25) is 17.6 Å². The summed E-state index contributed by atoms with van der Waals surface area (Å²) in [5, 5.41) is 0. The summed E-state index contributed by atoms with van der Waals surface area (Å²) in [6.45, 7) is 11.2. The van der Waals surface area contributed by atoms with Crippen LogP contribution < -0.4 is 0 Å². The van der Waals surface area contributed by atoms with Gasteiger partial charge in [-0.25, -0.2) is 4.79 Å². The standard InChI is InChI=1S/C23H35NO7S/c1-13(12-22(2,3)4)10-17(26)24-14(8-9-32-7)19(27)18(20(24)28)15(25)11-16-21(29)31-23(5,6)30-16/h13-14,16,18H,8-12H2,1-7H3/t13?,14?,16-,18?/m0/s1. The van der Waals surface area contributed by atoms with Crippen LogP contribution in [-0.4, -0.2) is 64.2 Å². The van der Waals surface area contributed by atoms with Crippen LogP contribution in [0.2, 0.25) is 0 Å². The third-order valence-electron chi connectivity index (χ3n) is 5.50. The number of thioether (sulfide) groups is 1. The van der Waals surface area contributed by atoms with Crippen molar-refractivity contribution in [3.63, 3.8) is 0 Å². The number of carbonyl (C=O) groups excluding carboxylic acids is 5. The largest absolute Gasteiger partial charge is 0.432 e. The van der Waals surface area contributed by atoms with Gasteiger partial charge in [-0.05, 0) is 36.2 Å². The maximum absolute atomic E-state index is 13.1. The Labute approximate surface area is 194 Å². The van der Waals surface area contributed by atoms with Crippen molar-refractivity contribution in [3.8, 4) is 0 Å². The van der Waals surface area contributed by atoms with Crippen LogP contribution in [0.25, 0.3) is 0 Å². The quantitative estimate of drug-likeness (QED) is 0.375. The average Bonchev–Trinajstić information content (AvgIpc) is 3.01. The highest BCUT2D eigenvalue weighted by Gasteiger charge is 2.54. The van der Waals surface area contributed by atoms with Crippen LogP contribution >= 0.6 is 11.8 Å². The van der Waals surface area contributed by atoms with Crippen molar-refractivity contribution in [2.45, 2.75) is 85.2 Å². The van der Waals surface area contributed by atoms with Crippen molar-refractivity contribution in [2.24, 2.45) is 17.3 Å². The fourth-order valence-electron chi connectivity index (χ4n) is 4.49. The maximum atomic E-state index is 13.1. The SMILES string of the molecule is CSCCC1C(=O)C(C(=O)C[C@@H]2OC(C)(C)OC2=O)C(=O)N1C(=O)CC(C)CC(C)(C)C. The van der Waals surface area contributed by atoms with Crippen LogP contribution in [0.3, 0.4) is 0 Å². The van der Waals surface area contributed by atoms with Crippen molar-refractivity contribution < 1.29 is 33.4 Å². The normalized spacial score (nSPS) is 26.4. The molecule has 2 heterocycles. The Kier molecular flexibility index (Phi) is 8.31. The van der Waals surface area contributed by atoms with E-state index in [1.165, 1.54) is 11.8 Å². The molecule has 180 valence electrons. The number of ketones is 2. The third-order valence-corrected chi connectivity index (χ3v) is 6.14. The number of cyclic esters (lactones) is 1. The molecule has 0 bridgehead atoms. The van der Waals surface area contributed by atoms with Crippen molar-refractivity contribution in [3.05, 3.63) is 0 Å². The summed E-state index contributed by atoms with van der Waals surface area (Å²) in [6, 6.07) is -0.953. The number of hydrogen-bond acceptors (Lipinski definition) is 8. The predicted octanol–water partition coefficient (Wildman–Crippen LogP) is 2.76. The number of imide groups is 1. The Bertz CT molecular complexity index is 786. The molecule has 0 aromatic carbocycles. The van der Waals surface area contributed by atoms with Gasteiger partial charge in [-0.1, -0.05) is 27.7 Å². The van der Waals surface area contributed by atoms with Crippen molar-refractivity contribution in [2.75, 3.05) is 12.0 Å². The number of ether oxygens (including phenoxy) is 2. The van der Waals surface area contributed by atoms with Crippen LogP contribution in [0.1, 0.15) is 67.2 Å². The highest BCUT2D eigenvalue weighted by molar-refractivity contribution is 7.98. The first-order valence-corrected chi connectivity index (χ1v) is 12.4. The lowest BCUT2D eigenvalue weighted by atomic mass is 9.84. The zero-order chi connectivity index (χ0) is 24.4. The van der Waals surface area contributed by atoms with Gasteiger partial charge in [-0.2, -0.15) is 11.8 Å². The first kappa shape index (κ1) is 26.5. The molecule has 0 aromatic rings. The molecule has 0 N–H and O–H groups in total. The zero-order valence-corrected chi connectivity index (χ0v) is 20.9. The van der Waals surface area contributed by atoms with E-state index in [9.17, 15) is 24.0 Å². The summed E-state index contributed by atoms with van der Waals surface area (Å²) in [4.78, 5) is 65.1. The number of amides is 2. The number of nitrogens with zero attached hydrogens (tertiary/aromatic N) is 1. The summed E-state index contributed by atoms with van der Waals surface area (Å²) < 4.78 is 10.5. The second-order valence-electron chi connectivity index (χ2n) is 10.4. The van der Waals surface area contributed by atoms with Crippen LogP contribution in [0.15, 0.2) is 0 Å². The Hall–Kier alpha value is -1.74. The van der Waals surface area contributed by atoms with Gasteiger partial charge in [0.25, 0.3) is 0 Å². The van der Waals surface area contributed by atoms with Crippen molar-refractivity contribution in [1.82, 2.24) is 4.90 Å². The summed E-state index contributed by atoms with van der Waals surface area (Å²) in [6.07, 6.45) is 1.46. The molecule has 2 saturated heterocycles. The Morgan fingerprint density at radius 3 is 2.31 bits per heavy atom. The summed E-state index contributed by atoms with van der Waals surface area (Å²) >= 11 is 1.50. The molecule has 0 saturated carbocycles.